The first-order chi connectivity index (χ1) is 9.72. The molecule has 1 aromatic heterocycles. The highest BCUT2D eigenvalue weighted by atomic mass is 35.5. The molecule has 1 aromatic carbocycles. The summed E-state index contributed by atoms with van der Waals surface area (Å²) in [7, 11) is 3.49. The van der Waals surface area contributed by atoms with Gasteiger partial charge < -0.3 is 10.1 Å². The van der Waals surface area contributed by atoms with E-state index in [-0.39, 0.29) is 0 Å². The minimum Gasteiger partial charge on any atom is -0.378 e. The van der Waals surface area contributed by atoms with E-state index >= 15 is 0 Å². The number of anilines is 1. The fraction of sp³-hybridized carbons (Fsp3) is 0.286. The third-order valence-corrected chi connectivity index (χ3v) is 4.08. The molecule has 6 heteroatoms. The summed E-state index contributed by atoms with van der Waals surface area (Å²) >= 11 is 7.76. The van der Waals surface area contributed by atoms with E-state index in [2.05, 4.69) is 15.3 Å². The lowest BCUT2D eigenvalue weighted by Gasteiger charge is -2.08. The largest absolute Gasteiger partial charge is 0.378 e. The minimum absolute atomic E-state index is 0.473. The lowest BCUT2D eigenvalue weighted by molar-refractivity contribution is 0.181. The van der Waals surface area contributed by atoms with Gasteiger partial charge in [-0.05, 0) is 12.1 Å². The molecular formula is C14H16ClN3OS. The number of hydrogen-bond donors (Lipinski definition) is 1. The van der Waals surface area contributed by atoms with Gasteiger partial charge in [0.15, 0.2) is 0 Å². The first-order valence-electron chi connectivity index (χ1n) is 6.13. The second-order valence-electron chi connectivity index (χ2n) is 4.06. The Balaban J connectivity index is 2.12. The van der Waals surface area contributed by atoms with Crippen molar-refractivity contribution in [2.24, 2.45) is 0 Å². The molecule has 0 amide bonds. The molecule has 1 heterocycles. The second kappa shape index (κ2) is 7.47. The highest BCUT2D eigenvalue weighted by Gasteiger charge is 2.06. The SMILES string of the molecule is CNc1cc(COC)nc(CSc2ccccc2Cl)n1. The molecule has 0 atom stereocenters. The van der Waals surface area contributed by atoms with Crippen LogP contribution in [0.3, 0.4) is 0 Å². The quantitative estimate of drug-likeness (QED) is 0.826. The predicted molar refractivity (Wildman–Crippen MR) is 83.3 cm³/mol. The topological polar surface area (TPSA) is 47.0 Å². The van der Waals surface area contributed by atoms with E-state index in [0.717, 1.165) is 27.3 Å². The van der Waals surface area contributed by atoms with Crippen LogP contribution in [0.4, 0.5) is 5.82 Å². The van der Waals surface area contributed by atoms with Crippen LogP contribution in [-0.4, -0.2) is 24.1 Å². The van der Waals surface area contributed by atoms with E-state index in [9.17, 15) is 0 Å². The summed E-state index contributed by atoms with van der Waals surface area (Å²) in [5.41, 5.74) is 0.863. The van der Waals surface area contributed by atoms with Crippen LogP contribution in [0.25, 0.3) is 0 Å². The van der Waals surface area contributed by atoms with Gasteiger partial charge in [-0.2, -0.15) is 0 Å². The van der Waals surface area contributed by atoms with Gasteiger partial charge in [0, 0.05) is 25.1 Å². The summed E-state index contributed by atoms with van der Waals surface area (Å²) < 4.78 is 5.12. The van der Waals surface area contributed by atoms with E-state index < -0.39 is 0 Å². The molecule has 0 unspecified atom stereocenters. The predicted octanol–water partition coefficient (Wildman–Crippen LogP) is 3.61. The molecule has 0 radical (unpaired) electrons. The average Bonchev–Trinajstić information content (AvgIpc) is 2.46. The highest BCUT2D eigenvalue weighted by Crippen LogP contribution is 2.28. The molecule has 4 nitrogen and oxygen atoms in total. The van der Waals surface area contributed by atoms with Crippen molar-refractivity contribution in [1.82, 2.24) is 9.97 Å². The Morgan fingerprint density at radius 3 is 2.80 bits per heavy atom. The fourth-order valence-corrected chi connectivity index (χ4v) is 2.76. The zero-order valence-electron chi connectivity index (χ0n) is 11.4. The molecule has 20 heavy (non-hydrogen) atoms. The molecule has 0 saturated carbocycles. The van der Waals surface area contributed by atoms with Gasteiger partial charge in [0.25, 0.3) is 0 Å². The van der Waals surface area contributed by atoms with Crippen molar-refractivity contribution in [2.45, 2.75) is 17.3 Å². The summed E-state index contributed by atoms with van der Waals surface area (Å²) in [6.45, 7) is 0.473. The minimum atomic E-state index is 0.473. The summed E-state index contributed by atoms with van der Waals surface area (Å²) in [6, 6.07) is 9.64. The Hall–Kier alpha value is -1.30. The Labute approximate surface area is 127 Å². The number of ether oxygens (including phenoxy) is 1. The van der Waals surface area contributed by atoms with Crippen molar-refractivity contribution in [3.8, 4) is 0 Å². The van der Waals surface area contributed by atoms with Gasteiger partial charge in [0.2, 0.25) is 0 Å². The van der Waals surface area contributed by atoms with Crippen LogP contribution in [0.5, 0.6) is 0 Å². The zero-order valence-corrected chi connectivity index (χ0v) is 13.0. The summed E-state index contributed by atoms with van der Waals surface area (Å²) in [5.74, 6) is 2.21. The molecule has 2 rings (SSSR count). The van der Waals surface area contributed by atoms with Crippen LogP contribution in [-0.2, 0) is 17.1 Å². The van der Waals surface area contributed by atoms with Crippen LogP contribution in [0.15, 0.2) is 35.2 Å². The maximum absolute atomic E-state index is 6.14. The Kier molecular flexibility index (Phi) is 5.64. The molecule has 0 fully saturated rings. The molecule has 0 aliphatic rings. The van der Waals surface area contributed by atoms with Crippen molar-refractivity contribution in [3.05, 3.63) is 46.9 Å². The van der Waals surface area contributed by atoms with Crippen molar-refractivity contribution in [2.75, 3.05) is 19.5 Å². The van der Waals surface area contributed by atoms with Gasteiger partial charge in [0.05, 0.1) is 23.1 Å². The monoisotopic (exact) mass is 309 g/mol. The lowest BCUT2D eigenvalue weighted by atomic mass is 10.4. The molecular weight excluding hydrogens is 294 g/mol. The number of aromatic nitrogens is 2. The number of hydrogen-bond acceptors (Lipinski definition) is 5. The number of nitrogens with one attached hydrogen (secondary N) is 1. The van der Waals surface area contributed by atoms with Crippen LogP contribution in [0.1, 0.15) is 11.5 Å². The second-order valence-corrected chi connectivity index (χ2v) is 5.49. The third kappa shape index (κ3) is 4.10. The molecule has 0 saturated heterocycles. The number of nitrogens with zero attached hydrogens (tertiary/aromatic N) is 2. The van der Waals surface area contributed by atoms with Gasteiger partial charge >= 0.3 is 0 Å². The van der Waals surface area contributed by atoms with Crippen LogP contribution < -0.4 is 5.32 Å². The van der Waals surface area contributed by atoms with Gasteiger partial charge in [-0.3, -0.25) is 0 Å². The highest BCUT2D eigenvalue weighted by molar-refractivity contribution is 7.98. The Morgan fingerprint density at radius 2 is 2.10 bits per heavy atom. The maximum Gasteiger partial charge on any atom is 0.141 e. The van der Waals surface area contributed by atoms with E-state index in [1.165, 1.54) is 0 Å². The van der Waals surface area contributed by atoms with Crippen LogP contribution in [0.2, 0.25) is 5.02 Å². The van der Waals surface area contributed by atoms with Gasteiger partial charge in [0.1, 0.15) is 11.6 Å². The molecule has 0 spiro atoms. The number of benzene rings is 1. The first kappa shape index (κ1) is 15.1. The van der Waals surface area contributed by atoms with Crippen molar-refractivity contribution >= 4 is 29.2 Å². The molecule has 106 valence electrons. The molecule has 2 aromatic rings. The normalized spacial score (nSPS) is 10.6. The van der Waals surface area contributed by atoms with Crippen molar-refractivity contribution in [3.63, 3.8) is 0 Å². The first-order valence-corrected chi connectivity index (χ1v) is 7.50. The molecule has 0 aliphatic carbocycles. The number of halogens is 1. The van der Waals surface area contributed by atoms with Gasteiger partial charge in [-0.15, -0.1) is 11.8 Å². The van der Waals surface area contributed by atoms with E-state index in [1.54, 1.807) is 18.9 Å². The van der Waals surface area contributed by atoms with Gasteiger partial charge in [-0.25, -0.2) is 9.97 Å². The standard InChI is InChI=1S/C14H16ClN3OS/c1-16-13-7-10(8-19-2)17-14(18-13)9-20-12-6-4-3-5-11(12)15/h3-7H,8-9H2,1-2H3,(H,16,17,18). The number of thioether (sulfide) groups is 1. The maximum atomic E-state index is 6.14. The summed E-state index contributed by atoms with van der Waals surface area (Å²) in [6.07, 6.45) is 0. The van der Waals surface area contributed by atoms with Gasteiger partial charge in [-0.1, -0.05) is 23.7 Å². The fourth-order valence-electron chi connectivity index (χ4n) is 1.67. The van der Waals surface area contributed by atoms with E-state index in [4.69, 9.17) is 16.3 Å². The van der Waals surface area contributed by atoms with Crippen LogP contribution >= 0.6 is 23.4 Å². The van der Waals surface area contributed by atoms with Crippen molar-refractivity contribution in [1.29, 1.82) is 0 Å². The van der Waals surface area contributed by atoms with E-state index in [0.29, 0.717) is 12.4 Å². The Morgan fingerprint density at radius 1 is 1.30 bits per heavy atom. The third-order valence-electron chi connectivity index (χ3n) is 2.57. The smallest absolute Gasteiger partial charge is 0.141 e. The zero-order chi connectivity index (χ0) is 14.4. The van der Waals surface area contributed by atoms with Crippen LogP contribution in [0, 0.1) is 0 Å². The Bertz CT molecular complexity index is 580. The molecule has 0 aliphatic heterocycles. The summed E-state index contributed by atoms with van der Waals surface area (Å²) in [4.78, 5) is 9.94. The number of rotatable bonds is 6. The average molecular weight is 310 g/mol. The van der Waals surface area contributed by atoms with E-state index in [1.807, 2.05) is 37.4 Å². The molecule has 1 N–H and O–H groups in total. The summed E-state index contributed by atoms with van der Waals surface area (Å²) in [5, 5.41) is 3.78. The number of methoxy groups -OCH3 is 1. The van der Waals surface area contributed by atoms with Crippen molar-refractivity contribution < 1.29 is 4.74 Å². The lowest BCUT2D eigenvalue weighted by Crippen LogP contribution is -2.03. The molecule has 0 bridgehead atoms.